The average Bonchev–Trinajstić information content (AvgIpc) is 3.11. The van der Waals surface area contributed by atoms with Crippen LogP contribution in [-0.4, -0.2) is 73.8 Å². The molecular formula is C10H17N6O13P3. The minimum Gasteiger partial charge on any atom is -0.386 e. The average molecular weight is 522 g/mol. The number of aliphatic hydroxyl groups is 2. The summed E-state index contributed by atoms with van der Waals surface area (Å²) in [4.78, 5) is 47.3. The first kappa shape index (κ1) is 25.2. The molecule has 0 amide bonds. The van der Waals surface area contributed by atoms with Gasteiger partial charge in [0.2, 0.25) is 0 Å². The van der Waals surface area contributed by atoms with E-state index in [1.807, 2.05) is 0 Å². The molecule has 3 heterocycles. The van der Waals surface area contributed by atoms with Crippen molar-refractivity contribution in [2.75, 3.05) is 12.3 Å². The van der Waals surface area contributed by atoms with E-state index in [4.69, 9.17) is 30.9 Å². The van der Waals surface area contributed by atoms with E-state index in [0.717, 1.165) is 17.2 Å². The lowest BCUT2D eigenvalue weighted by Gasteiger charge is -2.27. The van der Waals surface area contributed by atoms with Crippen molar-refractivity contribution in [3.8, 4) is 0 Å². The van der Waals surface area contributed by atoms with Crippen LogP contribution in [0.4, 0.5) is 5.82 Å². The number of aromatic nitrogens is 4. The zero-order valence-corrected chi connectivity index (χ0v) is 18.1. The van der Waals surface area contributed by atoms with Crippen LogP contribution in [0.25, 0.3) is 11.2 Å². The van der Waals surface area contributed by atoms with Gasteiger partial charge in [0.15, 0.2) is 23.4 Å². The van der Waals surface area contributed by atoms with Crippen LogP contribution in [0.3, 0.4) is 0 Å². The Morgan fingerprint density at radius 3 is 2.41 bits per heavy atom. The SMILES string of the molecule is Nc1ncnc2c1ncn2[C@@H]1O[C@H](COP(=O)(O)OP(=O)(O)OP(=O)(O)O)[C@@H](O)[C@@]1(N)O. The molecule has 1 aliphatic rings. The molecule has 3 rings (SSSR count). The van der Waals surface area contributed by atoms with Crippen molar-refractivity contribution in [2.45, 2.75) is 24.2 Å². The first-order chi connectivity index (χ1) is 14.5. The van der Waals surface area contributed by atoms with Gasteiger partial charge in [0.05, 0.1) is 12.9 Å². The molecule has 2 aromatic rings. The van der Waals surface area contributed by atoms with Gasteiger partial charge in [0, 0.05) is 0 Å². The number of hydrogen-bond donors (Lipinski definition) is 8. The summed E-state index contributed by atoms with van der Waals surface area (Å²) in [5.74, 6) is -0.00272. The highest BCUT2D eigenvalue weighted by molar-refractivity contribution is 7.66. The molecule has 19 nitrogen and oxygen atoms in total. The van der Waals surface area contributed by atoms with Gasteiger partial charge in [-0.1, -0.05) is 0 Å². The van der Waals surface area contributed by atoms with Crippen molar-refractivity contribution in [3.63, 3.8) is 0 Å². The maximum absolute atomic E-state index is 11.8. The van der Waals surface area contributed by atoms with E-state index < -0.39 is 54.2 Å². The molecule has 0 bridgehead atoms. The van der Waals surface area contributed by atoms with E-state index in [0.29, 0.717) is 0 Å². The molecule has 0 radical (unpaired) electrons. The third-order valence-electron chi connectivity index (χ3n) is 3.98. The number of hydrogen-bond acceptors (Lipinski definition) is 14. The summed E-state index contributed by atoms with van der Waals surface area (Å²) in [5.41, 5.74) is 9.07. The summed E-state index contributed by atoms with van der Waals surface area (Å²) in [7, 11) is -16.8. The highest BCUT2D eigenvalue weighted by Gasteiger charge is 2.55. The zero-order valence-electron chi connectivity index (χ0n) is 15.4. The summed E-state index contributed by atoms with van der Waals surface area (Å²) in [5, 5.41) is 20.8. The smallest absolute Gasteiger partial charge is 0.386 e. The fourth-order valence-corrected chi connectivity index (χ4v) is 5.75. The third kappa shape index (κ3) is 5.39. The van der Waals surface area contributed by atoms with Gasteiger partial charge in [0.25, 0.3) is 0 Å². The lowest BCUT2D eigenvalue weighted by molar-refractivity contribution is -0.103. The van der Waals surface area contributed by atoms with Gasteiger partial charge in [-0.2, -0.15) is 8.62 Å². The number of imidazole rings is 1. The summed E-state index contributed by atoms with van der Waals surface area (Å²) in [6, 6.07) is 0. The van der Waals surface area contributed by atoms with Crippen LogP contribution in [0.15, 0.2) is 12.7 Å². The number of rotatable bonds is 8. The second-order valence-electron chi connectivity index (χ2n) is 6.33. The van der Waals surface area contributed by atoms with Crippen molar-refractivity contribution < 1.29 is 61.4 Å². The van der Waals surface area contributed by atoms with Crippen molar-refractivity contribution in [1.82, 2.24) is 19.5 Å². The molecule has 10 N–H and O–H groups in total. The third-order valence-corrected chi connectivity index (χ3v) is 7.79. The monoisotopic (exact) mass is 522 g/mol. The topological polar surface area (TPSA) is 305 Å². The minimum absolute atomic E-state index is 0.00272. The number of nitrogens with two attached hydrogens (primary N) is 2. The quantitative estimate of drug-likeness (QED) is 0.133. The molecule has 1 fully saturated rings. The molecule has 22 heteroatoms. The second kappa shape index (κ2) is 8.43. The van der Waals surface area contributed by atoms with Crippen molar-refractivity contribution in [3.05, 3.63) is 12.7 Å². The molecule has 180 valence electrons. The molecule has 0 aromatic carbocycles. The highest BCUT2D eigenvalue weighted by Crippen LogP contribution is 2.66. The van der Waals surface area contributed by atoms with Crippen LogP contribution in [0, 0.1) is 0 Å². The first-order valence-electron chi connectivity index (χ1n) is 8.08. The van der Waals surface area contributed by atoms with Crippen LogP contribution in [0.2, 0.25) is 0 Å². The Bertz CT molecular complexity index is 1150. The van der Waals surface area contributed by atoms with Crippen molar-refractivity contribution in [2.24, 2.45) is 5.73 Å². The predicted octanol–water partition coefficient (Wildman–Crippen LogP) is -2.34. The molecule has 2 unspecified atom stereocenters. The summed E-state index contributed by atoms with van der Waals surface area (Å²) in [6.07, 6.45) is -2.92. The lowest BCUT2D eigenvalue weighted by atomic mass is 10.1. The zero-order chi connectivity index (χ0) is 24.1. The molecule has 0 aliphatic carbocycles. The largest absolute Gasteiger partial charge is 0.490 e. The summed E-state index contributed by atoms with van der Waals surface area (Å²) in [6.45, 7) is -1.05. The number of nitrogens with zero attached hydrogens (tertiary/aromatic N) is 4. The maximum Gasteiger partial charge on any atom is 0.490 e. The van der Waals surface area contributed by atoms with Crippen molar-refractivity contribution in [1.29, 1.82) is 0 Å². The molecule has 2 aromatic heterocycles. The number of phosphoric acid groups is 3. The van der Waals surface area contributed by atoms with Crippen LogP contribution in [0.1, 0.15) is 6.23 Å². The number of nitrogen functional groups attached to an aromatic ring is 1. The van der Waals surface area contributed by atoms with Gasteiger partial charge in [-0.25, -0.2) is 28.6 Å². The number of aliphatic hydroxyl groups excluding tert-OH is 1. The number of phosphoric ester groups is 1. The van der Waals surface area contributed by atoms with Gasteiger partial charge in [-0.05, 0) is 0 Å². The van der Waals surface area contributed by atoms with Crippen molar-refractivity contribution >= 4 is 40.4 Å². The maximum atomic E-state index is 11.8. The highest BCUT2D eigenvalue weighted by atomic mass is 31.3. The van der Waals surface area contributed by atoms with Crippen LogP contribution in [0.5, 0.6) is 0 Å². The van der Waals surface area contributed by atoms with Crippen LogP contribution >= 0.6 is 23.5 Å². The Morgan fingerprint density at radius 2 is 1.78 bits per heavy atom. The molecule has 0 saturated carbocycles. The van der Waals surface area contributed by atoms with Gasteiger partial charge in [-0.3, -0.25) is 14.8 Å². The summed E-state index contributed by atoms with van der Waals surface area (Å²) >= 11 is 0. The number of fused-ring (bicyclic) bond motifs is 1. The van der Waals surface area contributed by atoms with Gasteiger partial charge >= 0.3 is 23.5 Å². The van der Waals surface area contributed by atoms with Gasteiger partial charge < -0.3 is 40.3 Å². The number of anilines is 1. The minimum atomic E-state index is -5.74. The van der Waals surface area contributed by atoms with E-state index in [9.17, 15) is 28.8 Å². The molecule has 32 heavy (non-hydrogen) atoms. The Hall–Kier alpha value is -1.40. The van der Waals surface area contributed by atoms with Gasteiger partial charge in [-0.15, -0.1) is 0 Å². The first-order valence-corrected chi connectivity index (χ1v) is 12.6. The Labute approximate surface area is 177 Å². The Morgan fingerprint density at radius 1 is 1.12 bits per heavy atom. The Kier molecular flexibility index (Phi) is 6.64. The molecule has 1 aliphatic heterocycles. The fraction of sp³-hybridized carbons (Fsp3) is 0.500. The van der Waals surface area contributed by atoms with E-state index in [1.54, 1.807) is 0 Å². The van der Waals surface area contributed by atoms with E-state index in [2.05, 4.69) is 28.1 Å². The van der Waals surface area contributed by atoms with Gasteiger partial charge in [0.1, 0.15) is 24.1 Å². The molecule has 6 atom stereocenters. The standard InChI is InChI=1S/C10H17N6O13P3/c11-7-5-8(14-2-13-7)16(3-15-5)9-10(12,18)6(17)4(27-9)1-26-31(22,23)29-32(24,25)28-30(19,20)21/h2-4,6,9,17-18H,1,12H2,(H,22,23)(H,24,25)(H2,11,13,14)(H2,19,20,21)/t4-,6-,9-,10-/m1/s1. The Balaban J connectivity index is 1.74. The normalized spacial score (nSPS) is 30.3. The molecule has 1 saturated heterocycles. The van der Waals surface area contributed by atoms with E-state index in [1.165, 1.54) is 0 Å². The number of ether oxygens (including phenoxy) is 1. The fourth-order valence-electron chi connectivity index (χ4n) is 2.72. The van der Waals surface area contributed by atoms with Crippen LogP contribution < -0.4 is 11.5 Å². The second-order valence-corrected chi connectivity index (χ2v) is 10.7. The van der Waals surface area contributed by atoms with Crippen LogP contribution in [-0.2, 0) is 31.6 Å². The molecule has 0 spiro atoms. The molecular weight excluding hydrogens is 505 g/mol. The lowest BCUT2D eigenvalue weighted by Crippen LogP contribution is -2.54. The predicted molar refractivity (Wildman–Crippen MR) is 98.6 cm³/mol. The van der Waals surface area contributed by atoms with E-state index in [-0.39, 0.29) is 17.0 Å². The summed E-state index contributed by atoms with van der Waals surface area (Å²) < 4.78 is 51.8. The van der Waals surface area contributed by atoms with E-state index >= 15 is 0 Å².